The molecule has 0 radical (unpaired) electrons. The van der Waals surface area contributed by atoms with Crippen LogP contribution >= 0.6 is 15.9 Å². The van der Waals surface area contributed by atoms with E-state index < -0.39 is 5.91 Å². The van der Waals surface area contributed by atoms with Gasteiger partial charge in [-0.25, -0.2) is 0 Å². The number of hydrogen-bond donors (Lipinski definition) is 2. The van der Waals surface area contributed by atoms with Crippen LogP contribution in [0.25, 0.3) is 10.9 Å². The maximum atomic E-state index is 12.7. The SMILES string of the molecule is Cc1cc2c(N=NC(=O)c3ccccc3OCc3ccccc3)c(O)[nH]c2cc1Br. The number of aromatic amines is 1. The van der Waals surface area contributed by atoms with Gasteiger partial charge in [-0.1, -0.05) is 58.4 Å². The van der Waals surface area contributed by atoms with Crippen LogP contribution in [0.3, 0.4) is 0 Å². The third kappa shape index (κ3) is 4.11. The van der Waals surface area contributed by atoms with Crippen LogP contribution in [0.2, 0.25) is 0 Å². The van der Waals surface area contributed by atoms with Gasteiger partial charge in [0.15, 0.2) is 5.69 Å². The molecule has 2 N–H and O–H groups in total. The van der Waals surface area contributed by atoms with Gasteiger partial charge < -0.3 is 14.8 Å². The van der Waals surface area contributed by atoms with Crippen LogP contribution in [-0.4, -0.2) is 16.0 Å². The van der Waals surface area contributed by atoms with Gasteiger partial charge in [0.1, 0.15) is 12.4 Å². The number of amides is 1. The van der Waals surface area contributed by atoms with E-state index in [1.54, 1.807) is 24.3 Å². The second-order valence-corrected chi connectivity index (χ2v) is 7.60. The molecule has 0 aliphatic carbocycles. The van der Waals surface area contributed by atoms with Gasteiger partial charge in [-0.3, -0.25) is 4.79 Å². The Morgan fingerprint density at radius 2 is 1.83 bits per heavy atom. The van der Waals surface area contributed by atoms with E-state index in [1.807, 2.05) is 49.4 Å². The van der Waals surface area contributed by atoms with E-state index in [-0.39, 0.29) is 11.6 Å². The summed E-state index contributed by atoms with van der Waals surface area (Å²) < 4.78 is 6.72. The zero-order valence-corrected chi connectivity index (χ0v) is 17.7. The number of nitrogens with zero attached hydrogens (tertiary/aromatic N) is 2. The quantitative estimate of drug-likeness (QED) is 0.333. The van der Waals surface area contributed by atoms with Gasteiger partial charge in [0, 0.05) is 9.86 Å². The van der Waals surface area contributed by atoms with Crippen molar-refractivity contribution in [1.82, 2.24) is 4.98 Å². The first-order valence-electron chi connectivity index (χ1n) is 9.25. The summed E-state index contributed by atoms with van der Waals surface area (Å²) in [6.07, 6.45) is 0. The van der Waals surface area contributed by atoms with Crippen molar-refractivity contribution in [3.8, 4) is 11.6 Å². The molecule has 30 heavy (non-hydrogen) atoms. The number of nitrogens with one attached hydrogen (secondary N) is 1. The summed E-state index contributed by atoms with van der Waals surface area (Å²) in [5.41, 5.74) is 3.18. The molecule has 150 valence electrons. The Bertz CT molecular complexity index is 1250. The molecule has 0 spiro atoms. The van der Waals surface area contributed by atoms with E-state index in [9.17, 15) is 9.90 Å². The number of azo groups is 1. The average Bonchev–Trinajstić information content (AvgIpc) is 3.05. The summed E-state index contributed by atoms with van der Waals surface area (Å²) in [6, 6.07) is 20.3. The highest BCUT2D eigenvalue weighted by atomic mass is 79.9. The minimum atomic E-state index is -0.554. The number of fused-ring (bicyclic) bond motifs is 1. The van der Waals surface area contributed by atoms with Crippen molar-refractivity contribution in [3.63, 3.8) is 0 Å². The van der Waals surface area contributed by atoms with Crippen LogP contribution in [-0.2, 0) is 6.61 Å². The van der Waals surface area contributed by atoms with Crippen LogP contribution in [0.5, 0.6) is 11.6 Å². The molecule has 0 unspecified atom stereocenters. The molecule has 0 saturated heterocycles. The second kappa shape index (κ2) is 8.51. The molecule has 0 fully saturated rings. The number of H-pyrrole nitrogens is 1. The van der Waals surface area contributed by atoms with Crippen molar-refractivity contribution in [2.75, 3.05) is 0 Å². The molecule has 0 bridgehead atoms. The molecule has 0 saturated carbocycles. The van der Waals surface area contributed by atoms with E-state index >= 15 is 0 Å². The maximum absolute atomic E-state index is 12.7. The third-order valence-corrected chi connectivity index (χ3v) is 5.48. The lowest BCUT2D eigenvalue weighted by atomic mass is 10.1. The molecule has 4 rings (SSSR count). The van der Waals surface area contributed by atoms with Crippen LogP contribution in [0.15, 0.2) is 81.4 Å². The number of ether oxygens (including phenoxy) is 1. The summed E-state index contributed by atoms with van der Waals surface area (Å²) in [4.78, 5) is 15.5. The zero-order valence-electron chi connectivity index (χ0n) is 16.1. The minimum Gasteiger partial charge on any atom is -0.493 e. The molecule has 6 nitrogen and oxygen atoms in total. The first-order valence-corrected chi connectivity index (χ1v) is 10.0. The van der Waals surface area contributed by atoms with Crippen LogP contribution < -0.4 is 4.74 Å². The number of carbonyl (C=O) groups excluding carboxylic acids is 1. The average molecular weight is 464 g/mol. The predicted molar refractivity (Wildman–Crippen MR) is 118 cm³/mol. The summed E-state index contributed by atoms with van der Waals surface area (Å²) in [7, 11) is 0. The lowest BCUT2D eigenvalue weighted by molar-refractivity contribution is 0.0990. The number of para-hydroxylation sites is 1. The van der Waals surface area contributed by atoms with E-state index in [4.69, 9.17) is 4.74 Å². The molecular weight excluding hydrogens is 446 g/mol. The van der Waals surface area contributed by atoms with Crippen molar-refractivity contribution in [1.29, 1.82) is 0 Å². The fourth-order valence-electron chi connectivity index (χ4n) is 3.05. The summed E-state index contributed by atoms with van der Waals surface area (Å²) in [5, 5.41) is 18.7. The Balaban J connectivity index is 1.59. The normalized spacial score (nSPS) is 11.3. The smallest absolute Gasteiger partial charge is 0.299 e. The molecule has 0 aliphatic rings. The maximum Gasteiger partial charge on any atom is 0.299 e. The van der Waals surface area contributed by atoms with Gasteiger partial charge in [0.25, 0.3) is 5.91 Å². The number of carbonyl (C=O) groups is 1. The van der Waals surface area contributed by atoms with Crippen LogP contribution in [0.1, 0.15) is 21.5 Å². The molecule has 4 aromatic rings. The van der Waals surface area contributed by atoms with Gasteiger partial charge in [0.05, 0.1) is 11.1 Å². The summed E-state index contributed by atoms with van der Waals surface area (Å²) in [5.74, 6) is -0.276. The van der Waals surface area contributed by atoms with E-state index in [1.165, 1.54) is 0 Å². The van der Waals surface area contributed by atoms with Gasteiger partial charge >= 0.3 is 0 Å². The van der Waals surface area contributed by atoms with Crippen molar-refractivity contribution < 1.29 is 14.6 Å². The van der Waals surface area contributed by atoms with Crippen molar-refractivity contribution in [2.45, 2.75) is 13.5 Å². The Kier molecular flexibility index (Phi) is 5.63. The number of aromatic hydroxyl groups is 1. The van der Waals surface area contributed by atoms with E-state index in [2.05, 4.69) is 31.1 Å². The third-order valence-electron chi connectivity index (χ3n) is 4.63. The lowest BCUT2D eigenvalue weighted by Gasteiger charge is -2.09. The van der Waals surface area contributed by atoms with Crippen LogP contribution in [0.4, 0.5) is 5.69 Å². The number of hydrogen-bond acceptors (Lipinski definition) is 4. The highest BCUT2D eigenvalue weighted by molar-refractivity contribution is 9.10. The molecule has 3 aromatic carbocycles. The molecular formula is C23H18BrN3O3. The zero-order chi connectivity index (χ0) is 21.1. The highest BCUT2D eigenvalue weighted by Gasteiger charge is 2.15. The van der Waals surface area contributed by atoms with Gasteiger partial charge in [0.2, 0.25) is 5.88 Å². The summed E-state index contributed by atoms with van der Waals surface area (Å²) >= 11 is 3.46. The number of rotatable bonds is 5. The topological polar surface area (TPSA) is 87.0 Å². The molecule has 1 heterocycles. The fourth-order valence-corrected chi connectivity index (χ4v) is 3.39. The standard InChI is InChI=1S/C23H18BrN3O3/c1-14-11-17-19(12-18(14)24)25-23(29)21(17)26-27-22(28)16-9-5-6-10-20(16)30-13-15-7-3-2-4-8-15/h2-12,25,29H,13H2,1H3. The molecule has 7 heteroatoms. The monoisotopic (exact) mass is 463 g/mol. The Hall–Kier alpha value is -3.45. The first kappa shape index (κ1) is 19.8. The minimum absolute atomic E-state index is 0.146. The molecule has 1 aromatic heterocycles. The van der Waals surface area contributed by atoms with Crippen molar-refractivity contribution in [3.05, 3.63) is 87.9 Å². The van der Waals surface area contributed by atoms with Crippen molar-refractivity contribution in [2.24, 2.45) is 10.2 Å². The van der Waals surface area contributed by atoms with Gasteiger partial charge in [-0.15, -0.1) is 10.2 Å². The first-order chi connectivity index (χ1) is 14.5. The van der Waals surface area contributed by atoms with E-state index in [0.29, 0.717) is 28.8 Å². The predicted octanol–water partition coefficient (Wildman–Crippen LogP) is 6.45. The van der Waals surface area contributed by atoms with Gasteiger partial charge in [-0.2, -0.15) is 0 Å². The molecule has 0 aliphatic heterocycles. The van der Waals surface area contributed by atoms with Gasteiger partial charge in [-0.05, 0) is 42.3 Å². The number of aryl methyl sites for hydroxylation is 1. The molecule has 0 atom stereocenters. The fraction of sp³-hybridized carbons (Fsp3) is 0.0870. The molecule has 1 amide bonds. The Morgan fingerprint density at radius 1 is 1.10 bits per heavy atom. The largest absolute Gasteiger partial charge is 0.493 e. The second-order valence-electron chi connectivity index (χ2n) is 6.74. The number of halogens is 1. The lowest BCUT2D eigenvalue weighted by Crippen LogP contribution is -2.02. The Labute approximate surface area is 181 Å². The van der Waals surface area contributed by atoms with E-state index in [0.717, 1.165) is 15.6 Å². The van der Waals surface area contributed by atoms with Crippen molar-refractivity contribution >= 4 is 38.4 Å². The summed E-state index contributed by atoms with van der Waals surface area (Å²) in [6.45, 7) is 2.26. The highest BCUT2D eigenvalue weighted by Crippen LogP contribution is 2.38. The van der Waals surface area contributed by atoms with Crippen LogP contribution in [0, 0.1) is 6.92 Å². The number of aromatic nitrogens is 1. The number of benzene rings is 3. The Morgan fingerprint density at radius 3 is 2.63 bits per heavy atom.